The van der Waals surface area contributed by atoms with Crippen LogP contribution in [-0.2, 0) is 4.74 Å². The Kier molecular flexibility index (Phi) is 11.4. The lowest BCUT2D eigenvalue weighted by molar-refractivity contribution is 0.0795. The quantitative estimate of drug-likeness (QED) is 0.284. The summed E-state index contributed by atoms with van der Waals surface area (Å²) < 4.78 is 5.34. The van der Waals surface area contributed by atoms with E-state index in [9.17, 15) is 0 Å². The first kappa shape index (κ1) is 21.9. The molecule has 1 aliphatic carbocycles. The Morgan fingerprint density at radius 1 is 1.36 bits per heavy atom. The van der Waals surface area contributed by atoms with Crippen molar-refractivity contribution in [3.8, 4) is 0 Å². The zero-order chi connectivity index (χ0) is 15.7. The summed E-state index contributed by atoms with van der Waals surface area (Å²) in [6.45, 7) is 7.59. The molecule has 5 nitrogen and oxygen atoms in total. The van der Waals surface area contributed by atoms with E-state index in [1.165, 1.54) is 25.7 Å². The van der Waals surface area contributed by atoms with Crippen LogP contribution in [0.2, 0.25) is 0 Å². The Morgan fingerprint density at radius 2 is 2.09 bits per heavy atom. The molecule has 1 saturated carbocycles. The highest BCUT2D eigenvalue weighted by molar-refractivity contribution is 14.0. The van der Waals surface area contributed by atoms with E-state index in [-0.39, 0.29) is 29.5 Å². The highest BCUT2D eigenvalue weighted by atomic mass is 127. The van der Waals surface area contributed by atoms with E-state index >= 15 is 0 Å². The minimum Gasteiger partial charge on any atom is -0.380 e. The highest BCUT2D eigenvalue weighted by Gasteiger charge is 2.36. The topological polar surface area (TPSA) is 48.9 Å². The second-order valence-electron chi connectivity index (χ2n) is 6.37. The van der Waals surface area contributed by atoms with Crippen molar-refractivity contribution in [3.05, 3.63) is 0 Å². The van der Waals surface area contributed by atoms with Gasteiger partial charge in [-0.05, 0) is 39.8 Å². The molecule has 132 valence electrons. The van der Waals surface area contributed by atoms with Gasteiger partial charge in [-0.15, -0.1) is 24.0 Å². The zero-order valence-electron chi connectivity index (χ0n) is 14.9. The molecule has 0 saturated heterocycles. The van der Waals surface area contributed by atoms with Gasteiger partial charge < -0.3 is 20.3 Å². The van der Waals surface area contributed by atoms with Crippen molar-refractivity contribution in [1.29, 1.82) is 0 Å². The molecular formula is C16H35IN4O. The maximum absolute atomic E-state index is 5.34. The van der Waals surface area contributed by atoms with Crippen LogP contribution in [0.15, 0.2) is 4.99 Å². The molecular weight excluding hydrogens is 391 g/mol. The van der Waals surface area contributed by atoms with Crippen molar-refractivity contribution in [2.75, 3.05) is 47.4 Å². The number of hydrogen-bond acceptors (Lipinski definition) is 3. The smallest absolute Gasteiger partial charge is 0.191 e. The first-order valence-corrected chi connectivity index (χ1v) is 8.23. The first-order chi connectivity index (χ1) is 10.0. The van der Waals surface area contributed by atoms with Gasteiger partial charge in [0.2, 0.25) is 0 Å². The van der Waals surface area contributed by atoms with Crippen LogP contribution in [0.5, 0.6) is 0 Å². The van der Waals surface area contributed by atoms with E-state index in [2.05, 4.69) is 41.5 Å². The first-order valence-electron chi connectivity index (χ1n) is 8.23. The SMILES string of the molecule is CCOCCNC(=NC)NCC1(N(C)C)CCCC(C)C1.I. The van der Waals surface area contributed by atoms with Crippen molar-refractivity contribution in [3.63, 3.8) is 0 Å². The molecule has 1 aliphatic rings. The van der Waals surface area contributed by atoms with E-state index in [1.54, 1.807) is 0 Å². The highest BCUT2D eigenvalue weighted by Crippen LogP contribution is 2.35. The largest absolute Gasteiger partial charge is 0.380 e. The van der Waals surface area contributed by atoms with Crippen LogP contribution in [0, 0.1) is 5.92 Å². The maximum Gasteiger partial charge on any atom is 0.191 e. The van der Waals surface area contributed by atoms with Crippen LogP contribution >= 0.6 is 24.0 Å². The summed E-state index contributed by atoms with van der Waals surface area (Å²) in [5, 5.41) is 6.81. The predicted molar refractivity (Wildman–Crippen MR) is 105 cm³/mol. The van der Waals surface area contributed by atoms with Gasteiger partial charge in [-0.25, -0.2) is 0 Å². The average molecular weight is 426 g/mol. The number of hydrogen-bond donors (Lipinski definition) is 2. The number of rotatable bonds is 7. The zero-order valence-corrected chi connectivity index (χ0v) is 17.3. The van der Waals surface area contributed by atoms with Gasteiger partial charge in [0.25, 0.3) is 0 Å². The lowest BCUT2D eigenvalue weighted by atomic mass is 9.75. The van der Waals surface area contributed by atoms with Crippen molar-refractivity contribution >= 4 is 29.9 Å². The van der Waals surface area contributed by atoms with Crippen molar-refractivity contribution < 1.29 is 4.74 Å². The Hall–Kier alpha value is -0.0800. The van der Waals surface area contributed by atoms with Crippen LogP contribution in [0.3, 0.4) is 0 Å². The van der Waals surface area contributed by atoms with E-state index in [1.807, 2.05) is 14.0 Å². The lowest BCUT2D eigenvalue weighted by Gasteiger charge is -2.45. The molecule has 1 rings (SSSR count). The van der Waals surface area contributed by atoms with Crippen LogP contribution in [0.1, 0.15) is 39.5 Å². The molecule has 0 aromatic rings. The fourth-order valence-corrected chi connectivity index (χ4v) is 3.21. The van der Waals surface area contributed by atoms with E-state index < -0.39 is 0 Å². The molecule has 1 fully saturated rings. The summed E-state index contributed by atoms with van der Waals surface area (Å²) in [5.74, 6) is 1.67. The minimum absolute atomic E-state index is 0. The van der Waals surface area contributed by atoms with Gasteiger partial charge in [-0.2, -0.15) is 0 Å². The summed E-state index contributed by atoms with van der Waals surface area (Å²) in [6, 6.07) is 0. The van der Waals surface area contributed by atoms with E-state index in [0.29, 0.717) is 6.61 Å². The van der Waals surface area contributed by atoms with E-state index in [0.717, 1.165) is 31.6 Å². The molecule has 2 unspecified atom stereocenters. The monoisotopic (exact) mass is 426 g/mol. The Labute approximate surface area is 153 Å². The molecule has 0 aliphatic heterocycles. The number of likely N-dealkylation sites (N-methyl/N-ethyl adjacent to an activating group) is 1. The third-order valence-corrected chi connectivity index (χ3v) is 4.57. The van der Waals surface area contributed by atoms with Gasteiger partial charge >= 0.3 is 0 Å². The number of halogens is 1. The molecule has 0 radical (unpaired) electrons. The second kappa shape index (κ2) is 11.5. The molecule has 0 aromatic carbocycles. The molecule has 6 heteroatoms. The number of nitrogens with one attached hydrogen (secondary N) is 2. The summed E-state index contributed by atoms with van der Waals surface area (Å²) >= 11 is 0. The minimum atomic E-state index is 0. The average Bonchev–Trinajstić information content (AvgIpc) is 2.46. The van der Waals surface area contributed by atoms with Gasteiger partial charge in [-0.3, -0.25) is 4.99 Å². The van der Waals surface area contributed by atoms with Crippen LogP contribution in [0.25, 0.3) is 0 Å². The number of guanidine groups is 1. The standard InChI is InChI=1S/C16H34N4O.HI/c1-6-21-11-10-18-15(17-3)19-13-16(20(4)5)9-7-8-14(2)12-16;/h14H,6-13H2,1-5H3,(H2,17,18,19);1H. The molecule has 2 atom stereocenters. The Bertz CT molecular complexity index is 325. The number of nitrogens with zero attached hydrogens (tertiary/aromatic N) is 2. The van der Waals surface area contributed by atoms with Gasteiger partial charge in [0.1, 0.15) is 0 Å². The van der Waals surface area contributed by atoms with Crippen LogP contribution < -0.4 is 10.6 Å². The van der Waals surface area contributed by atoms with Gasteiger partial charge in [-0.1, -0.05) is 19.8 Å². The third kappa shape index (κ3) is 7.00. The molecule has 0 heterocycles. The van der Waals surface area contributed by atoms with E-state index in [4.69, 9.17) is 4.74 Å². The molecule has 0 aromatic heterocycles. The second-order valence-corrected chi connectivity index (χ2v) is 6.37. The number of ether oxygens (including phenoxy) is 1. The molecule has 0 spiro atoms. The van der Waals surface area contributed by atoms with Gasteiger partial charge in [0.05, 0.1) is 6.61 Å². The molecule has 0 amide bonds. The summed E-state index contributed by atoms with van der Waals surface area (Å²) in [7, 11) is 6.22. The van der Waals surface area contributed by atoms with Crippen molar-refractivity contribution in [1.82, 2.24) is 15.5 Å². The summed E-state index contributed by atoms with van der Waals surface area (Å²) in [5.41, 5.74) is 0.245. The fraction of sp³-hybridized carbons (Fsp3) is 0.938. The number of aliphatic imine (C=N–C) groups is 1. The normalized spacial score (nSPS) is 25.7. The molecule has 0 bridgehead atoms. The van der Waals surface area contributed by atoms with Gasteiger partial charge in [0.15, 0.2) is 5.96 Å². The fourth-order valence-electron chi connectivity index (χ4n) is 3.21. The summed E-state index contributed by atoms with van der Waals surface area (Å²) in [4.78, 5) is 6.69. The molecule has 22 heavy (non-hydrogen) atoms. The van der Waals surface area contributed by atoms with Crippen LogP contribution in [0.4, 0.5) is 0 Å². The van der Waals surface area contributed by atoms with Crippen molar-refractivity contribution in [2.45, 2.75) is 45.1 Å². The summed E-state index contributed by atoms with van der Waals surface area (Å²) in [6.07, 6.45) is 5.19. The lowest BCUT2D eigenvalue weighted by Crippen LogP contribution is -2.56. The Balaban J connectivity index is 0.00000441. The maximum atomic E-state index is 5.34. The predicted octanol–water partition coefficient (Wildman–Crippen LogP) is 2.32. The third-order valence-electron chi connectivity index (χ3n) is 4.57. The Morgan fingerprint density at radius 3 is 2.64 bits per heavy atom. The molecule has 2 N–H and O–H groups in total. The van der Waals surface area contributed by atoms with Crippen LogP contribution in [-0.4, -0.2) is 63.8 Å². The van der Waals surface area contributed by atoms with Crippen molar-refractivity contribution in [2.24, 2.45) is 10.9 Å². The van der Waals surface area contributed by atoms with Gasteiger partial charge in [0, 0.05) is 32.3 Å².